The van der Waals surface area contributed by atoms with E-state index in [9.17, 15) is 13.6 Å². The Morgan fingerprint density at radius 2 is 2.19 bits per heavy atom. The van der Waals surface area contributed by atoms with Gasteiger partial charge >= 0.3 is 5.97 Å². The molecule has 0 N–H and O–H groups in total. The maximum absolute atomic E-state index is 13.6. The van der Waals surface area contributed by atoms with Crippen LogP contribution >= 0.6 is 0 Å². The van der Waals surface area contributed by atoms with Crippen molar-refractivity contribution >= 4 is 5.97 Å². The average Bonchev–Trinajstić information content (AvgIpc) is 2.89. The molecule has 114 valence electrons. The van der Waals surface area contributed by atoms with E-state index in [1.54, 1.807) is 0 Å². The Hall–Kier alpha value is -1.49. The van der Waals surface area contributed by atoms with Crippen LogP contribution in [0.25, 0.3) is 0 Å². The Bertz CT molecular complexity index is 532. The summed E-state index contributed by atoms with van der Waals surface area (Å²) in [7, 11) is 0. The third kappa shape index (κ3) is 2.67. The topological polar surface area (TPSA) is 35.5 Å². The average molecular weight is 296 g/mol. The van der Waals surface area contributed by atoms with E-state index in [0.29, 0.717) is 12.5 Å². The molecular weight excluding hydrogens is 278 g/mol. The van der Waals surface area contributed by atoms with Crippen LogP contribution in [0.1, 0.15) is 31.2 Å². The van der Waals surface area contributed by atoms with Crippen LogP contribution in [0.3, 0.4) is 0 Å². The van der Waals surface area contributed by atoms with Crippen LogP contribution in [0.4, 0.5) is 8.78 Å². The largest absolute Gasteiger partial charge is 0.465 e. The fraction of sp³-hybridized carbons (Fsp3) is 0.562. The van der Waals surface area contributed by atoms with Gasteiger partial charge in [-0.1, -0.05) is 6.07 Å². The van der Waals surface area contributed by atoms with E-state index in [0.717, 1.165) is 38.2 Å². The maximum atomic E-state index is 13.6. The van der Waals surface area contributed by atoms with E-state index in [4.69, 9.17) is 9.47 Å². The molecule has 0 radical (unpaired) electrons. The zero-order valence-corrected chi connectivity index (χ0v) is 11.9. The van der Waals surface area contributed by atoms with Gasteiger partial charge in [-0.25, -0.2) is 8.78 Å². The van der Waals surface area contributed by atoms with E-state index < -0.39 is 23.5 Å². The molecule has 1 aromatic carbocycles. The normalized spacial score (nSPS) is 28.6. The maximum Gasteiger partial charge on any atom is 0.313 e. The van der Waals surface area contributed by atoms with Crippen molar-refractivity contribution in [1.82, 2.24) is 0 Å². The number of rotatable bonds is 4. The molecule has 2 aliphatic rings. The Morgan fingerprint density at radius 3 is 2.81 bits per heavy atom. The molecule has 1 saturated heterocycles. The van der Waals surface area contributed by atoms with Crippen LogP contribution in [0.2, 0.25) is 0 Å². The SMILES string of the molecule is CC(C(=O)OCC1CC12CCOC2)c1c(F)cccc1F. The third-order valence-electron chi connectivity index (χ3n) is 4.71. The highest BCUT2D eigenvalue weighted by Crippen LogP contribution is 2.57. The molecule has 1 spiro atoms. The van der Waals surface area contributed by atoms with Crippen LogP contribution in [0, 0.1) is 23.0 Å². The van der Waals surface area contributed by atoms with Gasteiger partial charge in [-0.15, -0.1) is 0 Å². The van der Waals surface area contributed by atoms with Gasteiger partial charge in [0.1, 0.15) is 11.6 Å². The minimum atomic E-state index is -0.944. The summed E-state index contributed by atoms with van der Waals surface area (Å²) in [4.78, 5) is 12.0. The number of halogens is 2. The summed E-state index contributed by atoms with van der Waals surface area (Å²) in [6, 6.07) is 3.57. The van der Waals surface area contributed by atoms with Gasteiger partial charge in [-0.2, -0.15) is 0 Å². The van der Waals surface area contributed by atoms with Crippen LogP contribution < -0.4 is 0 Å². The first-order valence-corrected chi connectivity index (χ1v) is 7.22. The predicted molar refractivity (Wildman–Crippen MR) is 71.7 cm³/mol. The predicted octanol–water partition coefficient (Wildman–Crippen LogP) is 3.04. The van der Waals surface area contributed by atoms with Crippen molar-refractivity contribution in [2.45, 2.75) is 25.7 Å². The standard InChI is InChI=1S/C16H18F2O3/c1-10(14-12(17)3-2-4-13(14)18)15(19)21-8-11-7-16(11)5-6-20-9-16/h2-4,10-11H,5-9H2,1H3. The number of ether oxygens (including phenoxy) is 2. The van der Waals surface area contributed by atoms with Crippen LogP contribution in [-0.4, -0.2) is 25.8 Å². The Kier molecular flexibility index (Phi) is 3.69. The monoisotopic (exact) mass is 296 g/mol. The minimum absolute atomic E-state index is 0.187. The van der Waals surface area contributed by atoms with E-state index in [2.05, 4.69) is 0 Å². The van der Waals surface area contributed by atoms with Crippen molar-refractivity contribution in [3.63, 3.8) is 0 Å². The van der Waals surface area contributed by atoms with Crippen LogP contribution in [0.5, 0.6) is 0 Å². The summed E-state index contributed by atoms with van der Waals surface area (Å²) in [5.74, 6) is -2.64. The summed E-state index contributed by atoms with van der Waals surface area (Å²) in [5.41, 5.74) is -0.0375. The molecular formula is C16H18F2O3. The van der Waals surface area contributed by atoms with Crippen molar-refractivity contribution in [3.8, 4) is 0 Å². The van der Waals surface area contributed by atoms with Gasteiger partial charge in [0.25, 0.3) is 0 Å². The van der Waals surface area contributed by atoms with Gasteiger partial charge in [-0.05, 0) is 31.9 Å². The fourth-order valence-electron chi connectivity index (χ4n) is 3.12. The van der Waals surface area contributed by atoms with Crippen molar-refractivity contribution < 1.29 is 23.0 Å². The molecule has 3 atom stereocenters. The molecule has 0 aromatic heterocycles. The third-order valence-corrected chi connectivity index (χ3v) is 4.71. The number of hydrogen-bond donors (Lipinski definition) is 0. The van der Waals surface area contributed by atoms with Crippen LogP contribution in [0.15, 0.2) is 18.2 Å². The van der Waals surface area contributed by atoms with Gasteiger partial charge in [-0.3, -0.25) is 4.79 Å². The molecule has 0 amide bonds. The van der Waals surface area contributed by atoms with Crippen molar-refractivity contribution in [3.05, 3.63) is 35.4 Å². The van der Waals surface area contributed by atoms with Gasteiger partial charge in [0.05, 0.1) is 19.1 Å². The van der Waals surface area contributed by atoms with Crippen molar-refractivity contribution in [2.75, 3.05) is 19.8 Å². The molecule has 5 heteroatoms. The van der Waals surface area contributed by atoms with E-state index in [1.807, 2.05) is 0 Å². The quantitative estimate of drug-likeness (QED) is 0.801. The van der Waals surface area contributed by atoms with Crippen molar-refractivity contribution in [2.24, 2.45) is 11.3 Å². The second-order valence-electron chi connectivity index (χ2n) is 6.05. The summed E-state index contributed by atoms with van der Waals surface area (Å²) in [6.07, 6.45) is 2.01. The van der Waals surface area contributed by atoms with Gasteiger partial charge in [0, 0.05) is 23.5 Å². The number of benzene rings is 1. The lowest BCUT2D eigenvalue weighted by molar-refractivity contribution is -0.146. The van der Waals surface area contributed by atoms with Gasteiger partial charge in [0.15, 0.2) is 0 Å². The zero-order chi connectivity index (χ0) is 15.0. The lowest BCUT2D eigenvalue weighted by Gasteiger charge is -2.14. The minimum Gasteiger partial charge on any atom is -0.465 e. The number of esters is 1. The highest BCUT2D eigenvalue weighted by Gasteiger charge is 2.56. The molecule has 1 aromatic rings. The first-order valence-electron chi connectivity index (χ1n) is 7.22. The van der Waals surface area contributed by atoms with Crippen molar-refractivity contribution in [1.29, 1.82) is 0 Å². The Labute approximate surface area is 122 Å². The lowest BCUT2D eigenvalue weighted by Crippen LogP contribution is -2.18. The number of hydrogen-bond acceptors (Lipinski definition) is 3. The highest BCUT2D eigenvalue weighted by molar-refractivity contribution is 5.77. The molecule has 3 unspecified atom stereocenters. The molecule has 3 rings (SSSR count). The van der Waals surface area contributed by atoms with E-state index in [-0.39, 0.29) is 11.0 Å². The second kappa shape index (κ2) is 5.37. The first kappa shape index (κ1) is 14.4. The molecule has 0 bridgehead atoms. The number of carbonyl (C=O) groups is 1. The molecule has 1 aliphatic heterocycles. The summed E-state index contributed by atoms with van der Waals surface area (Å²) >= 11 is 0. The molecule has 1 heterocycles. The first-order chi connectivity index (χ1) is 10.0. The Morgan fingerprint density at radius 1 is 1.48 bits per heavy atom. The molecule has 3 nitrogen and oxygen atoms in total. The van der Waals surface area contributed by atoms with Crippen LogP contribution in [-0.2, 0) is 14.3 Å². The highest BCUT2D eigenvalue weighted by atomic mass is 19.1. The van der Waals surface area contributed by atoms with E-state index >= 15 is 0 Å². The molecule has 2 fully saturated rings. The van der Waals surface area contributed by atoms with E-state index in [1.165, 1.54) is 13.0 Å². The summed E-state index contributed by atoms with van der Waals surface area (Å²) in [6.45, 7) is 3.27. The zero-order valence-electron chi connectivity index (χ0n) is 11.9. The molecule has 21 heavy (non-hydrogen) atoms. The summed E-state index contributed by atoms with van der Waals surface area (Å²) in [5, 5.41) is 0. The number of carbonyl (C=O) groups excluding carboxylic acids is 1. The second-order valence-corrected chi connectivity index (χ2v) is 6.05. The molecule has 1 aliphatic carbocycles. The smallest absolute Gasteiger partial charge is 0.313 e. The lowest BCUT2D eigenvalue weighted by atomic mass is 10.00. The molecule has 1 saturated carbocycles. The van der Waals surface area contributed by atoms with Gasteiger partial charge < -0.3 is 9.47 Å². The fourth-order valence-corrected chi connectivity index (χ4v) is 3.12. The van der Waals surface area contributed by atoms with Gasteiger partial charge in [0.2, 0.25) is 0 Å². The summed E-state index contributed by atoms with van der Waals surface area (Å²) < 4.78 is 37.9. The Balaban J connectivity index is 1.58.